The minimum Gasteiger partial charge on any atom is -0.454 e. The number of ether oxygens (including phenoxy) is 2. The highest BCUT2D eigenvalue weighted by atomic mass is 16.7. The molecule has 2 aromatic rings. The molecule has 0 fully saturated rings. The second-order valence-corrected chi connectivity index (χ2v) is 5.83. The number of carbonyl (C=O) groups excluding carboxylic acids is 1. The summed E-state index contributed by atoms with van der Waals surface area (Å²) in [7, 11) is 0. The summed E-state index contributed by atoms with van der Waals surface area (Å²) in [5, 5.41) is 6.97. The molecule has 1 aliphatic rings. The number of aromatic nitrogens is 2. The number of hydrogen-bond donors (Lipinski definition) is 1. The Morgan fingerprint density at radius 1 is 1.24 bits per heavy atom. The number of nitrogens with zero attached hydrogens (tertiary/aromatic N) is 2. The van der Waals surface area contributed by atoms with Crippen molar-refractivity contribution in [3.63, 3.8) is 0 Å². The van der Waals surface area contributed by atoms with Crippen LogP contribution in [0.2, 0.25) is 0 Å². The minimum absolute atomic E-state index is 0.189. The van der Waals surface area contributed by atoms with Crippen LogP contribution >= 0.6 is 0 Å². The quantitative estimate of drug-likeness (QED) is 0.828. The van der Waals surface area contributed by atoms with Gasteiger partial charge in [0.05, 0.1) is 0 Å². The molecule has 7 nitrogen and oxygen atoms in total. The SMILES string of the molecule is CCCCn1nc(C(=O)NCCc2ccc3c(c2)OCO3)ccc1=O. The number of carbonyl (C=O) groups is 1. The van der Waals surface area contributed by atoms with Crippen LogP contribution in [0.25, 0.3) is 0 Å². The van der Waals surface area contributed by atoms with Crippen LogP contribution in [-0.2, 0) is 13.0 Å². The van der Waals surface area contributed by atoms with E-state index >= 15 is 0 Å². The fourth-order valence-corrected chi connectivity index (χ4v) is 2.55. The van der Waals surface area contributed by atoms with E-state index in [2.05, 4.69) is 10.4 Å². The predicted molar refractivity (Wildman–Crippen MR) is 92.0 cm³/mol. The predicted octanol–water partition coefficient (Wildman–Crippen LogP) is 1.74. The number of hydrogen-bond acceptors (Lipinski definition) is 5. The number of unbranched alkanes of at least 4 members (excludes halogenated alkanes) is 1. The first-order valence-corrected chi connectivity index (χ1v) is 8.42. The number of benzene rings is 1. The maximum atomic E-state index is 12.2. The fourth-order valence-electron chi connectivity index (χ4n) is 2.55. The molecule has 3 rings (SSSR count). The van der Waals surface area contributed by atoms with E-state index < -0.39 is 0 Å². The largest absolute Gasteiger partial charge is 0.454 e. The van der Waals surface area contributed by atoms with Gasteiger partial charge in [0.15, 0.2) is 11.5 Å². The van der Waals surface area contributed by atoms with Gasteiger partial charge in [-0.1, -0.05) is 19.4 Å². The van der Waals surface area contributed by atoms with Gasteiger partial charge in [0.25, 0.3) is 11.5 Å². The molecule has 0 saturated carbocycles. The molecular formula is C18H21N3O4. The normalized spacial score (nSPS) is 12.2. The van der Waals surface area contributed by atoms with Crippen molar-refractivity contribution in [1.82, 2.24) is 15.1 Å². The van der Waals surface area contributed by atoms with Crippen LogP contribution in [0.1, 0.15) is 35.8 Å². The molecule has 0 bridgehead atoms. The van der Waals surface area contributed by atoms with E-state index in [1.807, 2.05) is 25.1 Å². The van der Waals surface area contributed by atoms with Gasteiger partial charge in [-0.3, -0.25) is 9.59 Å². The van der Waals surface area contributed by atoms with Gasteiger partial charge in [0, 0.05) is 19.2 Å². The molecule has 1 N–H and O–H groups in total. The van der Waals surface area contributed by atoms with Crippen molar-refractivity contribution < 1.29 is 14.3 Å². The van der Waals surface area contributed by atoms with Crippen LogP contribution in [0.5, 0.6) is 11.5 Å². The Labute approximate surface area is 145 Å². The van der Waals surface area contributed by atoms with Crippen molar-refractivity contribution in [2.45, 2.75) is 32.7 Å². The first kappa shape index (κ1) is 17.0. The highest BCUT2D eigenvalue weighted by Crippen LogP contribution is 2.32. The third-order valence-corrected chi connectivity index (χ3v) is 3.96. The van der Waals surface area contributed by atoms with Gasteiger partial charge < -0.3 is 14.8 Å². The van der Waals surface area contributed by atoms with Crippen molar-refractivity contribution in [3.05, 3.63) is 51.9 Å². The average Bonchev–Trinajstić information content (AvgIpc) is 3.08. The zero-order valence-electron chi connectivity index (χ0n) is 14.2. The van der Waals surface area contributed by atoms with Crippen LogP contribution in [-0.4, -0.2) is 29.0 Å². The van der Waals surface area contributed by atoms with Crippen LogP contribution < -0.4 is 20.3 Å². The molecule has 0 saturated heterocycles. The monoisotopic (exact) mass is 343 g/mol. The van der Waals surface area contributed by atoms with E-state index in [0.717, 1.165) is 29.9 Å². The number of aryl methyl sites for hydroxylation is 1. The van der Waals surface area contributed by atoms with Crippen LogP contribution in [0.15, 0.2) is 35.1 Å². The Balaban J connectivity index is 1.56. The molecule has 1 aliphatic heterocycles. The second-order valence-electron chi connectivity index (χ2n) is 5.83. The Hall–Kier alpha value is -2.83. The lowest BCUT2D eigenvalue weighted by atomic mass is 10.1. The summed E-state index contributed by atoms with van der Waals surface area (Å²) in [6, 6.07) is 8.57. The lowest BCUT2D eigenvalue weighted by molar-refractivity contribution is 0.0946. The van der Waals surface area contributed by atoms with Gasteiger partial charge in [-0.2, -0.15) is 5.10 Å². The fraction of sp³-hybridized carbons (Fsp3) is 0.389. The summed E-state index contributed by atoms with van der Waals surface area (Å²) in [5.41, 5.74) is 1.11. The molecule has 25 heavy (non-hydrogen) atoms. The molecule has 1 aromatic heterocycles. The zero-order chi connectivity index (χ0) is 17.6. The lowest BCUT2D eigenvalue weighted by Gasteiger charge is -2.08. The maximum Gasteiger partial charge on any atom is 0.271 e. The zero-order valence-corrected chi connectivity index (χ0v) is 14.2. The Bertz CT molecular complexity index is 816. The molecule has 2 heterocycles. The summed E-state index contributed by atoms with van der Waals surface area (Å²) in [5.74, 6) is 1.19. The summed E-state index contributed by atoms with van der Waals surface area (Å²) >= 11 is 0. The van der Waals surface area contributed by atoms with E-state index in [4.69, 9.17) is 9.47 Å². The maximum absolute atomic E-state index is 12.2. The van der Waals surface area contributed by atoms with Gasteiger partial charge in [-0.05, 0) is 36.6 Å². The van der Waals surface area contributed by atoms with Crippen molar-refractivity contribution in [2.75, 3.05) is 13.3 Å². The molecule has 7 heteroatoms. The van der Waals surface area contributed by atoms with Crippen molar-refractivity contribution in [3.8, 4) is 11.5 Å². The van der Waals surface area contributed by atoms with Crippen molar-refractivity contribution in [2.24, 2.45) is 0 Å². The summed E-state index contributed by atoms with van der Waals surface area (Å²) in [6.45, 7) is 3.27. The van der Waals surface area contributed by atoms with Crippen molar-refractivity contribution in [1.29, 1.82) is 0 Å². The molecule has 0 unspecified atom stereocenters. The van der Waals surface area contributed by atoms with E-state index in [1.165, 1.54) is 16.8 Å². The number of fused-ring (bicyclic) bond motifs is 1. The minimum atomic E-state index is -0.286. The van der Waals surface area contributed by atoms with Gasteiger partial charge in [-0.25, -0.2) is 4.68 Å². The number of amides is 1. The molecule has 1 aromatic carbocycles. The average molecular weight is 343 g/mol. The van der Waals surface area contributed by atoms with E-state index in [0.29, 0.717) is 19.5 Å². The number of rotatable bonds is 7. The standard InChI is InChI=1S/C18H21N3O4/c1-2-3-10-21-17(22)7-5-14(20-21)18(23)19-9-8-13-4-6-15-16(11-13)25-12-24-15/h4-7,11H,2-3,8-10,12H2,1H3,(H,19,23). The van der Waals surface area contributed by atoms with Crippen molar-refractivity contribution >= 4 is 5.91 Å². The van der Waals surface area contributed by atoms with Gasteiger partial charge >= 0.3 is 0 Å². The topological polar surface area (TPSA) is 82.5 Å². The second kappa shape index (κ2) is 7.83. The first-order valence-electron chi connectivity index (χ1n) is 8.42. The highest BCUT2D eigenvalue weighted by molar-refractivity contribution is 5.91. The number of nitrogens with one attached hydrogen (secondary N) is 1. The summed E-state index contributed by atoms with van der Waals surface area (Å²) in [4.78, 5) is 24.0. The molecule has 0 aliphatic carbocycles. The Kier molecular flexibility index (Phi) is 5.33. The molecule has 0 atom stereocenters. The molecule has 0 radical (unpaired) electrons. The van der Waals surface area contributed by atoms with E-state index in [-0.39, 0.29) is 24.0 Å². The molecule has 132 valence electrons. The van der Waals surface area contributed by atoms with Gasteiger partial charge in [-0.15, -0.1) is 0 Å². The smallest absolute Gasteiger partial charge is 0.271 e. The molecule has 1 amide bonds. The van der Waals surface area contributed by atoms with E-state index in [9.17, 15) is 9.59 Å². The highest BCUT2D eigenvalue weighted by Gasteiger charge is 2.13. The first-order chi connectivity index (χ1) is 12.2. The van der Waals surface area contributed by atoms with Crippen LogP contribution in [0, 0.1) is 0 Å². The van der Waals surface area contributed by atoms with Crippen LogP contribution in [0.4, 0.5) is 0 Å². The summed E-state index contributed by atoms with van der Waals surface area (Å²) in [6.07, 6.45) is 2.47. The Morgan fingerprint density at radius 3 is 2.92 bits per heavy atom. The van der Waals surface area contributed by atoms with E-state index in [1.54, 1.807) is 0 Å². The van der Waals surface area contributed by atoms with Crippen LogP contribution in [0.3, 0.4) is 0 Å². The van der Waals surface area contributed by atoms with Gasteiger partial charge in [0.1, 0.15) is 5.69 Å². The lowest BCUT2D eigenvalue weighted by Crippen LogP contribution is -2.30. The molecular weight excluding hydrogens is 322 g/mol. The third kappa shape index (κ3) is 4.17. The third-order valence-electron chi connectivity index (χ3n) is 3.96. The van der Waals surface area contributed by atoms with Gasteiger partial charge in [0.2, 0.25) is 6.79 Å². The summed E-state index contributed by atoms with van der Waals surface area (Å²) < 4.78 is 12.0. The Morgan fingerprint density at radius 2 is 2.08 bits per heavy atom. The molecule has 0 spiro atoms.